The van der Waals surface area contributed by atoms with E-state index < -0.39 is 0 Å². The topological polar surface area (TPSA) is 55.6 Å². The minimum Gasteiger partial charge on any atom is -0.370 e. The molecule has 0 unspecified atom stereocenters. The second-order valence-corrected chi connectivity index (χ2v) is 5.58. The molecule has 0 fully saturated rings. The number of anilines is 1. The molecule has 0 saturated carbocycles. The van der Waals surface area contributed by atoms with Crippen molar-refractivity contribution in [3.8, 4) is 5.82 Å². The molecule has 0 aromatic carbocycles. The van der Waals surface area contributed by atoms with Crippen molar-refractivity contribution < 1.29 is 0 Å². The highest BCUT2D eigenvalue weighted by molar-refractivity contribution is 5.51. The molecule has 2 rings (SSSR count). The Morgan fingerprint density at radius 1 is 1.26 bits per heavy atom. The number of rotatable bonds is 3. The quantitative estimate of drug-likeness (QED) is 0.920. The molecule has 0 saturated heterocycles. The summed E-state index contributed by atoms with van der Waals surface area (Å²) in [6, 6.07) is 1.89. The van der Waals surface area contributed by atoms with Gasteiger partial charge < -0.3 is 5.32 Å². The number of hydrogen-bond donors (Lipinski definition) is 1. The summed E-state index contributed by atoms with van der Waals surface area (Å²) in [4.78, 5) is 9.32. The Kier molecular flexibility index (Phi) is 3.55. The van der Waals surface area contributed by atoms with Crippen molar-refractivity contribution >= 4 is 5.82 Å². The van der Waals surface area contributed by atoms with Crippen molar-refractivity contribution in [2.75, 3.05) is 11.9 Å². The molecular weight excluding hydrogens is 238 g/mol. The van der Waals surface area contributed by atoms with Crippen LogP contribution in [0.4, 0.5) is 5.82 Å². The standard InChI is InChI=1S/C14H21N5/c1-6-15-11-10(2)12(19-9-7-8-16-19)18-13(17-11)14(3,4)5/h7-9H,6H2,1-5H3,(H,15,17,18). The van der Waals surface area contributed by atoms with Crippen LogP contribution in [0.1, 0.15) is 39.1 Å². The van der Waals surface area contributed by atoms with Crippen molar-refractivity contribution in [3.63, 3.8) is 0 Å². The smallest absolute Gasteiger partial charge is 0.162 e. The predicted molar refractivity (Wildman–Crippen MR) is 76.8 cm³/mol. The van der Waals surface area contributed by atoms with Crippen LogP contribution in [0.3, 0.4) is 0 Å². The summed E-state index contributed by atoms with van der Waals surface area (Å²) >= 11 is 0. The molecule has 5 nitrogen and oxygen atoms in total. The molecule has 0 aliphatic rings. The number of aromatic nitrogens is 4. The molecule has 102 valence electrons. The maximum absolute atomic E-state index is 4.68. The highest BCUT2D eigenvalue weighted by atomic mass is 15.3. The molecule has 0 aliphatic heterocycles. The molecule has 0 atom stereocenters. The maximum atomic E-state index is 4.68. The Morgan fingerprint density at radius 2 is 2.00 bits per heavy atom. The van der Waals surface area contributed by atoms with E-state index in [0.717, 1.165) is 29.6 Å². The van der Waals surface area contributed by atoms with Crippen molar-refractivity contribution in [2.24, 2.45) is 0 Å². The third kappa shape index (κ3) is 2.75. The highest BCUT2D eigenvalue weighted by Gasteiger charge is 2.21. The van der Waals surface area contributed by atoms with Gasteiger partial charge in [-0.3, -0.25) is 0 Å². The largest absolute Gasteiger partial charge is 0.370 e. The van der Waals surface area contributed by atoms with Crippen LogP contribution in [-0.2, 0) is 5.41 Å². The van der Waals surface area contributed by atoms with Gasteiger partial charge in [-0.15, -0.1) is 0 Å². The fraction of sp³-hybridized carbons (Fsp3) is 0.500. The SMILES string of the molecule is CCNc1nc(C(C)(C)C)nc(-n2cccn2)c1C. The molecule has 0 amide bonds. The number of nitrogens with zero attached hydrogens (tertiary/aromatic N) is 4. The number of nitrogens with one attached hydrogen (secondary N) is 1. The molecule has 0 aliphatic carbocycles. The van der Waals surface area contributed by atoms with Crippen molar-refractivity contribution in [2.45, 2.75) is 40.0 Å². The number of hydrogen-bond acceptors (Lipinski definition) is 4. The third-order valence-electron chi connectivity index (χ3n) is 2.86. The van der Waals surface area contributed by atoms with E-state index in [2.05, 4.69) is 48.1 Å². The Morgan fingerprint density at radius 3 is 2.53 bits per heavy atom. The molecule has 2 aromatic rings. The van der Waals surface area contributed by atoms with Gasteiger partial charge in [-0.1, -0.05) is 20.8 Å². The summed E-state index contributed by atoms with van der Waals surface area (Å²) in [7, 11) is 0. The Labute approximate surface area is 114 Å². The molecule has 0 radical (unpaired) electrons. The van der Waals surface area contributed by atoms with Crippen LogP contribution in [0.25, 0.3) is 5.82 Å². The molecule has 1 N–H and O–H groups in total. The monoisotopic (exact) mass is 259 g/mol. The van der Waals surface area contributed by atoms with E-state index in [-0.39, 0.29) is 5.41 Å². The second-order valence-electron chi connectivity index (χ2n) is 5.58. The van der Waals surface area contributed by atoms with Gasteiger partial charge in [0.1, 0.15) is 11.6 Å². The lowest BCUT2D eigenvalue weighted by Crippen LogP contribution is -2.20. The molecule has 19 heavy (non-hydrogen) atoms. The van der Waals surface area contributed by atoms with Gasteiger partial charge in [0.15, 0.2) is 5.82 Å². The van der Waals surface area contributed by atoms with Gasteiger partial charge in [0, 0.05) is 29.9 Å². The Bertz CT molecular complexity index is 552. The second kappa shape index (κ2) is 4.99. The normalized spacial score (nSPS) is 11.6. The summed E-state index contributed by atoms with van der Waals surface area (Å²) in [5.41, 5.74) is 0.915. The average molecular weight is 259 g/mol. The lowest BCUT2D eigenvalue weighted by Gasteiger charge is -2.20. The fourth-order valence-electron chi connectivity index (χ4n) is 1.80. The van der Waals surface area contributed by atoms with E-state index in [0.29, 0.717) is 0 Å². The van der Waals surface area contributed by atoms with Crippen molar-refractivity contribution in [3.05, 3.63) is 29.8 Å². The van der Waals surface area contributed by atoms with Gasteiger partial charge in [0.2, 0.25) is 0 Å². The summed E-state index contributed by atoms with van der Waals surface area (Å²) in [5, 5.41) is 7.57. The summed E-state index contributed by atoms with van der Waals surface area (Å²) < 4.78 is 1.78. The lowest BCUT2D eigenvalue weighted by molar-refractivity contribution is 0.542. The van der Waals surface area contributed by atoms with Crippen molar-refractivity contribution in [1.29, 1.82) is 0 Å². The van der Waals surface area contributed by atoms with E-state index >= 15 is 0 Å². The fourth-order valence-corrected chi connectivity index (χ4v) is 1.80. The molecule has 0 spiro atoms. The van der Waals surface area contributed by atoms with Crippen LogP contribution in [0.15, 0.2) is 18.5 Å². The minimum absolute atomic E-state index is 0.0974. The van der Waals surface area contributed by atoms with Crippen LogP contribution in [0.2, 0.25) is 0 Å². The predicted octanol–water partition coefficient (Wildman–Crippen LogP) is 2.70. The average Bonchev–Trinajstić information content (AvgIpc) is 2.84. The van der Waals surface area contributed by atoms with E-state index in [9.17, 15) is 0 Å². The zero-order valence-corrected chi connectivity index (χ0v) is 12.2. The summed E-state index contributed by atoms with van der Waals surface area (Å²) in [6.07, 6.45) is 3.66. The van der Waals surface area contributed by atoms with Crippen LogP contribution in [0, 0.1) is 6.92 Å². The third-order valence-corrected chi connectivity index (χ3v) is 2.86. The maximum Gasteiger partial charge on any atom is 0.162 e. The first-order valence-electron chi connectivity index (χ1n) is 6.56. The molecule has 5 heteroatoms. The summed E-state index contributed by atoms with van der Waals surface area (Å²) in [6.45, 7) is 11.2. The van der Waals surface area contributed by atoms with Gasteiger partial charge >= 0.3 is 0 Å². The molecule has 0 bridgehead atoms. The van der Waals surface area contributed by atoms with E-state index in [1.807, 2.05) is 19.2 Å². The zero-order chi connectivity index (χ0) is 14.0. The van der Waals surface area contributed by atoms with Gasteiger partial charge in [-0.2, -0.15) is 5.10 Å². The first-order valence-corrected chi connectivity index (χ1v) is 6.56. The van der Waals surface area contributed by atoms with Gasteiger partial charge in [0.25, 0.3) is 0 Å². The van der Waals surface area contributed by atoms with Crippen molar-refractivity contribution in [1.82, 2.24) is 19.7 Å². The van der Waals surface area contributed by atoms with Crippen LogP contribution in [-0.4, -0.2) is 26.3 Å². The van der Waals surface area contributed by atoms with E-state index in [1.165, 1.54) is 0 Å². The lowest BCUT2D eigenvalue weighted by atomic mass is 9.95. The van der Waals surface area contributed by atoms with Crippen LogP contribution in [0.5, 0.6) is 0 Å². The highest BCUT2D eigenvalue weighted by Crippen LogP contribution is 2.25. The first kappa shape index (κ1) is 13.5. The summed E-state index contributed by atoms with van der Waals surface area (Å²) in [5.74, 6) is 2.54. The van der Waals surface area contributed by atoms with Gasteiger partial charge in [0.05, 0.1) is 0 Å². The van der Waals surface area contributed by atoms with E-state index in [4.69, 9.17) is 0 Å². The molecule has 2 aromatic heterocycles. The van der Waals surface area contributed by atoms with Gasteiger partial charge in [-0.05, 0) is 19.9 Å². The zero-order valence-electron chi connectivity index (χ0n) is 12.2. The Balaban J connectivity index is 2.62. The molecule has 2 heterocycles. The minimum atomic E-state index is -0.0974. The van der Waals surface area contributed by atoms with Crippen LogP contribution >= 0.6 is 0 Å². The van der Waals surface area contributed by atoms with E-state index in [1.54, 1.807) is 10.9 Å². The van der Waals surface area contributed by atoms with Gasteiger partial charge in [-0.25, -0.2) is 14.6 Å². The first-order chi connectivity index (χ1) is 8.93. The Hall–Kier alpha value is -1.91. The molecular formula is C14H21N5. The van der Waals surface area contributed by atoms with Crippen LogP contribution < -0.4 is 5.32 Å².